The van der Waals surface area contributed by atoms with E-state index in [1.54, 1.807) is 14.2 Å². The van der Waals surface area contributed by atoms with Crippen LogP contribution in [0.2, 0.25) is 0 Å². The Hall–Kier alpha value is -0.160. The Kier molecular flexibility index (Phi) is 2.08. The highest BCUT2D eigenvalue weighted by Crippen LogP contribution is 2.37. The molecule has 2 bridgehead atoms. The number of rotatable bonds is 3. The van der Waals surface area contributed by atoms with Gasteiger partial charge in [0.1, 0.15) is 17.8 Å². The van der Waals surface area contributed by atoms with Gasteiger partial charge >= 0.3 is 0 Å². The lowest BCUT2D eigenvalue weighted by Crippen LogP contribution is -2.45. The minimum absolute atomic E-state index is 0.0393. The van der Waals surface area contributed by atoms with Gasteiger partial charge in [0.15, 0.2) is 0 Å². The third-order valence-electron chi connectivity index (χ3n) is 2.58. The van der Waals surface area contributed by atoms with Gasteiger partial charge in [0, 0.05) is 14.2 Å². The van der Waals surface area contributed by atoms with E-state index in [2.05, 4.69) is 0 Å². The molecule has 0 N–H and O–H groups in total. The van der Waals surface area contributed by atoms with Crippen molar-refractivity contribution in [3.63, 3.8) is 0 Å². The highest BCUT2D eigenvalue weighted by atomic mass is 16.7. The molecule has 0 aliphatic carbocycles. The number of fused-ring (bicyclic) bond motifs is 2. The molecule has 0 amide bonds. The maximum Gasteiger partial charge on any atom is 0.143 e. The monoisotopic (exact) mass is 174 g/mol. The summed E-state index contributed by atoms with van der Waals surface area (Å²) in [6.45, 7) is 1.76. The van der Waals surface area contributed by atoms with Gasteiger partial charge in [-0.1, -0.05) is 0 Å². The minimum Gasteiger partial charge on any atom is -0.381 e. The van der Waals surface area contributed by atoms with Crippen LogP contribution >= 0.6 is 0 Å². The molecule has 4 heteroatoms. The van der Waals surface area contributed by atoms with E-state index in [4.69, 9.17) is 18.9 Å². The van der Waals surface area contributed by atoms with Crippen molar-refractivity contribution in [3.05, 3.63) is 0 Å². The summed E-state index contributed by atoms with van der Waals surface area (Å²) in [6.07, 6.45) is 0.141. The number of hydrogen-bond acceptors (Lipinski definition) is 4. The first-order valence-electron chi connectivity index (χ1n) is 4.10. The normalized spacial score (nSPS) is 45.5. The molecule has 2 saturated heterocycles. The zero-order valence-corrected chi connectivity index (χ0v) is 7.41. The van der Waals surface area contributed by atoms with Crippen LogP contribution in [0.25, 0.3) is 0 Å². The van der Waals surface area contributed by atoms with Crippen LogP contribution in [0, 0.1) is 0 Å². The first-order chi connectivity index (χ1) is 5.82. The Balaban J connectivity index is 2.12. The summed E-state index contributed by atoms with van der Waals surface area (Å²) >= 11 is 0. The van der Waals surface area contributed by atoms with Gasteiger partial charge in [-0.05, 0) is 0 Å². The summed E-state index contributed by atoms with van der Waals surface area (Å²) in [7, 11) is 3.35. The molecule has 2 unspecified atom stereocenters. The van der Waals surface area contributed by atoms with Crippen molar-refractivity contribution < 1.29 is 18.9 Å². The van der Waals surface area contributed by atoms with E-state index in [1.165, 1.54) is 0 Å². The van der Waals surface area contributed by atoms with Crippen molar-refractivity contribution in [3.8, 4) is 0 Å². The van der Waals surface area contributed by atoms with E-state index < -0.39 is 0 Å². The lowest BCUT2D eigenvalue weighted by atomic mass is 10.0. The zero-order chi connectivity index (χ0) is 8.60. The second-order valence-corrected chi connectivity index (χ2v) is 3.31. The molecule has 2 aliphatic heterocycles. The zero-order valence-electron chi connectivity index (χ0n) is 7.41. The Morgan fingerprint density at radius 1 is 1.50 bits per heavy atom. The number of methoxy groups -OCH3 is 2. The Labute approximate surface area is 71.7 Å². The molecule has 0 aromatic carbocycles. The molecule has 2 rings (SSSR count). The molecular formula is C8H14O4. The largest absolute Gasteiger partial charge is 0.381 e. The third-order valence-corrected chi connectivity index (χ3v) is 2.58. The first-order valence-corrected chi connectivity index (χ1v) is 4.10. The predicted molar refractivity (Wildman–Crippen MR) is 41.1 cm³/mol. The smallest absolute Gasteiger partial charge is 0.143 e. The number of ether oxygens (including phenoxy) is 4. The molecule has 2 heterocycles. The fourth-order valence-corrected chi connectivity index (χ4v) is 2.04. The van der Waals surface area contributed by atoms with Gasteiger partial charge in [-0.2, -0.15) is 0 Å². The van der Waals surface area contributed by atoms with E-state index >= 15 is 0 Å². The first kappa shape index (κ1) is 8.44. The Bertz CT molecular complexity index is 162. The van der Waals surface area contributed by atoms with Gasteiger partial charge in [0.05, 0.1) is 19.8 Å². The summed E-state index contributed by atoms with van der Waals surface area (Å²) in [4.78, 5) is 0. The maximum atomic E-state index is 5.61. The number of hydrogen-bond donors (Lipinski definition) is 0. The van der Waals surface area contributed by atoms with Gasteiger partial charge in [0.2, 0.25) is 0 Å². The lowest BCUT2D eigenvalue weighted by Gasteiger charge is -2.27. The van der Waals surface area contributed by atoms with Crippen molar-refractivity contribution in [1.29, 1.82) is 0 Å². The van der Waals surface area contributed by atoms with Crippen molar-refractivity contribution in [1.82, 2.24) is 0 Å². The van der Waals surface area contributed by atoms with Gasteiger partial charge in [-0.25, -0.2) is 0 Å². The second kappa shape index (κ2) is 2.96. The standard InChI is InChI=1S/C8H14O4/c1-9-4-8-5-11-6(3-12-8)7(8)10-2/h6-7H,3-5H2,1-2H3/t6?,7?,8-/m1/s1. The average molecular weight is 174 g/mol. The van der Waals surface area contributed by atoms with E-state index in [0.29, 0.717) is 19.8 Å². The summed E-state index contributed by atoms with van der Waals surface area (Å²) in [6, 6.07) is 0. The maximum absolute atomic E-state index is 5.61. The van der Waals surface area contributed by atoms with Crippen LogP contribution in [0.1, 0.15) is 0 Å². The topological polar surface area (TPSA) is 36.9 Å². The summed E-state index contributed by atoms with van der Waals surface area (Å²) < 4.78 is 21.5. The lowest BCUT2D eigenvalue weighted by molar-refractivity contribution is -0.131. The fourth-order valence-electron chi connectivity index (χ4n) is 2.04. The van der Waals surface area contributed by atoms with Gasteiger partial charge in [0.25, 0.3) is 0 Å². The van der Waals surface area contributed by atoms with Crippen LogP contribution in [0.3, 0.4) is 0 Å². The van der Waals surface area contributed by atoms with Gasteiger partial charge in [-0.15, -0.1) is 0 Å². The summed E-state index contributed by atoms with van der Waals surface area (Å²) in [5, 5.41) is 0. The van der Waals surface area contributed by atoms with Crippen molar-refractivity contribution in [2.45, 2.75) is 17.8 Å². The molecule has 4 nitrogen and oxygen atoms in total. The van der Waals surface area contributed by atoms with Crippen molar-refractivity contribution >= 4 is 0 Å². The van der Waals surface area contributed by atoms with E-state index in [-0.39, 0.29) is 17.8 Å². The van der Waals surface area contributed by atoms with Gasteiger partial charge in [-0.3, -0.25) is 0 Å². The Morgan fingerprint density at radius 2 is 2.33 bits per heavy atom. The molecule has 2 aliphatic rings. The Morgan fingerprint density at radius 3 is 2.83 bits per heavy atom. The third kappa shape index (κ3) is 0.992. The van der Waals surface area contributed by atoms with Crippen LogP contribution in [0.5, 0.6) is 0 Å². The SMILES string of the molecule is COC[C@]12COC(CO1)C2OC. The quantitative estimate of drug-likeness (QED) is 0.594. The molecular weight excluding hydrogens is 160 g/mol. The fraction of sp³-hybridized carbons (Fsp3) is 1.00. The molecule has 0 aromatic rings. The average Bonchev–Trinajstić information content (AvgIpc) is 2.58. The molecule has 3 atom stereocenters. The molecule has 0 radical (unpaired) electrons. The van der Waals surface area contributed by atoms with Crippen LogP contribution in [-0.4, -0.2) is 51.8 Å². The molecule has 0 aromatic heterocycles. The predicted octanol–water partition coefficient (Wildman–Crippen LogP) is -0.184. The second-order valence-electron chi connectivity index (χ2n) is 3.31. The van der Waals surface area contributed by atoms with Crippen LogP contribution < -0.4 is 0 Å². The van der Waals surface area contributed by atoms with E-state index in [1.807, 2.05) is 0 Å². The summed E-state index contributed by atoms with van der Waals surface area (Å²) in [5.41, 5.74) is -0.339. The van der Waals surface area contributed by atoms with E-state index in [9.17, 15) is 0 Å². The van der Waals surface area contributed by atoms with Crippen LogP contribution in [-0.2, 0) is 18.9 Å². The molecule has 70 valence electrons. The molecule has 0 spiro atoms. The highest BCUT2D eigenvalue weighted by molar-refractivity contribution is 5.04. The van der Waals surface area contributed by atoms with Crippen molar-refractivity contribution in [2.75, 3.05) is 34.0 Å². The summed E-state index contributed by atoms with van der Waals surface area (Å²) in [5.74, 6) is 0. The molecule has 2 fully saturated rings. The molecule has 0 saturated carbocycles. The van der Waals surface area contributed by atoms with E-state index in [0.717, 1.165) is 0 Å². The van der Waals surface area contributed by atoms with Crippen molar-refractivity contribution in [2.24, 2.45) is 0 Å². The van der Waals surface area contributed by atoms with Crippen LogP contribution in [0.15, 0.2) is 0 Å². The van der Waals surface area contributed by atoms with Gasteiger partial charge < -0.3 is 18.9 Å². The van der Waals surface area contributed by atoms with Crippen LogP contribution in [0.4, 0.5) is 0 Å². The molecule has 12 heavy (non-hydrogen) atoms. The highest BCUT2D eigenvalue weighted by Gasteiger charge is 2.57. The minimum atomic E-state index is -0.339.